The second kappa shape index (κ2) is 12.0. The maximum atomic E-state index is 6.10. The molecule has 2 aliphatic heterocycles. The molecule has 3 fully saturated rings. The van der Waals surface area contributed by atoms with Crippen molar-refractivity contribution in [3.63, 3.8) is 0 Å². The fourth-order valence-electron chi connectivity index (χ4n) is 4.95. The highest BCUT2D eigenvalue weighted by atomic mass is 32.1. The van der Waals surface area contributed by atoms with Crippen LogP contribution in [0.5, 0.6) is 0 Å². The van der Waals surface area contributed by atoms with Crippen molar-refractivity contribution >= 4 is 18.3 Å². The van der Waals surface area contributed by atoms with Crippen LogP contribution in [0, 0.1) is 0 Å². The highest BCUT2D eigenvalue weighted by Gasteiger charge is 2.29. The van der Waals surface area contributed by atoms with Crippen LogP contribution in [0.1, 0.15) is 32.3 Å². The van der Waals surface area contributed by atoms with Crippen molar-refractivity contribution in [2.75, 3.05) is 76.3 Å². The van der Waals surface area contributed by atoms with Gasteiger partial charge in [-0.05, 0) is 44.4 Å². The molecule has 0 unspecified atom stereocenters. The number of hydrogen-bond acceptors (Lipinski definition) is 7. The SMILES string of the molecule is CC(C)N1CCN(c2ccc(CNC3CC(OCCN4CCN(CS)CC4)C3)cc2)CC1. The normalized spacial score (nSPS) is 25.9. The summed E-state index contributed by atoms with van der Waals surface area (Å²) in [6, 6.07) is 10.4. The first-order valence-corrected chi connectivity index (χ1v) is 13.2. The van der Waals surface area contributed by atoms with Gasteiger partial charge in [0, 0.05) is 89.1 Å². The van der Waals surface area contributed by atoms with Gasteiger partial charge in [0.1, 0.15) is 0 Å². The monoisotopic (exact) mass is 461 g/mol. The largest absolute Gasteiger partial charge is 0.377 e. The zero-order valence-electron chi connectivity index (χ0n) is 20.1. The molecule has 2 saturated heterocycles. The zero-order valence-corrected chi connectivity index (χ0v) is 21.0. The summed E-state index contributed by atoms with van der Waals surface area (Å²) < 4.78 is 6.10. The molecule has 180 valence electrons. The Morgan fingerprint density at radius 3 is 2.22 bits per heavy atom. The molecule has 0 spiro atoms. The molecule has 7 heteroatoms. The minimum absolute atomic E-state index is 0.443. The van der Waals surface area contributed by atoms with E-state index in [4.69, 9.17) is 4.74 Å². The van der Waals surface area contributed by atoms with Crippen LogP contribution in [0.15, 0.2) is 24.3 Å². The predicted molar refractivity (Wildman–Crippen MR) is 137 cm³/mol. The van der Waals surface area contributed by atoms with Gasteiger partial charge in [-0.2, -0.15) is 12.6 Å². The Balaban J connectivity index is 1.07. The van der Waals surface area contributed by atoms with E-state index in [0.29, 0.717) is 18.2 Å². The number of hydrogen-bond donors (Lipinski definition) is 2. The third-order valence-corrected chi connectivity index (χ3v) is 7.86. The summed E-state index contributed by atoms with van der Waals surface area (Å²) in [5.74, 6) is 0.876. The van der Waals surface area contributed by atoms with Crippen LogP contribution >= 0.6 is 12.6 Å². The third-order valence-electron chi connectivity index (χ3n) is 7.46. The van der Waals surface area contributed by atoms with E-state index in [1.807, 2.05) is 0 Å². The molecule has 2 heterocycles. The third kappa shape index (κ3) is 6.84. The van der Waals surface area contributed by atoms with Gasteiger partial charge in [0.25, 0.3) is 0 Å². The lowest BCUT2D eigenvalue weighted by Gasteiger charge is -2.38. The van der Waals surface area contributed by atoms with E-state index in [9.17, 15) is 0 Å². The summed E-state index contributed by atoms with van der Waals surface area (Å²) in [7, 11) is 0. The molecule has 1 aliphatic carbocycles. The van der Waals surface area contributed by atoms with Crippen LogP contribution in [-0.4, -0.2) is 104 Å². The molecule has 4 rings (SSSR count). The Labute approximate surface area is 200 Å². The number of nitrogens with one attached hydrogen (secondary N) is 1. The number of thiol groups is 1. The van der Waals surface area contributed by atoms with Crippen molar-refractivity contribution in [1.82, 2.24) is 20.0 Å². The molecule has 32 heavy (non-hydrogen) atoms. The molecule has 1 saturated carbocycles. The first-order chi connectivity index (χ1) is 15.6. The van der Waals surface area contributed by atoms with Gasteiger partial charge in [0.2, 0.25) is 0 Å². The second-order valence-electron chi connectivity index (χ2n) is 9.93. The van der Waals surface area contributed by atoms with Crippen molar-refractivity contribution in [3.8, 4) is 0 Å². The summed E-state index contributed by atoms with van der Waals surface area (Å²) in [4.78, 5) is 9.99. The molecule has 6 nitrogen and oxygen atoms in total. The van der Waals surface area contributed by atoms with E-state index in [-0.39, 0.29) is 0 Å². The average Bonchev–Trinajstić information content (AvgIpc) is 2.81. The molecule has 1 N–H and O–H groups in total. The van der Waals surface area contributed by atoms with Crippen molar-refractivity contribution < 1.29 is 4.74 Å². The van der Waals surface area contributed by atoms with E-state index in [0.717, 1.165) is 77.7 Å². The minimum atomic E-state index is 0.443. The molecule has 0 amide bonds. The van der Waals surface area contributed by atoms with E-state index in [2.05, 4.69) is 75.7 Å². The van der Waals surface area contributed by atoms with Gasteiger partial charge in [-0.15, -0.1) is 0 Å². The standard InChI is InChI=1S/C25H43N5OS/c1-21(2)29-11-13-30(14-12-29)24-5-3-22(4-6-24)19-26-23-17-25(18-23)31-16-15-27-7-9-28(20-32)10-8-27/h3-6,21,23,25-26,32H,7-20H2,1-2H3. The van der Waals surface area contributed by atoms with Gasteiger partial charge in [0.05, 0.1) is 12.7 Å². The molecule has 3 aliphatic rings. The number of ether oxygens (including phenoxy) is 1. The smallest absolute Gasteiger partial charge is 0.0605 e. The van der Waals surface area contributed by atoms with Crippen LogP contribution < -0.4 is 10.2 Å². The van der Waals surface area contributed by atoms with Crippen LogP contribution in [0.25, 0.3) is 0 Å². The Hall–Kier alpha value is -0.830. The van der Waals surface area contributed by atoms with Crippen molar-refractivity contribution in [1.29, 1.82) is 0 Å². The summed E-state index contributed by atoms with van der Waals surface area (Å²) in [6.45, 7) is 16.6. The van der Waals surface area contributed by atoms with Gasteiger partial charge >= 0.3 is 0 Å². The maximum Gasteiger partial charge on any atom is 0.0605 e. The minimum Gasteiger partial charge on any atom is -0.377 e. The number of nitrogens with zero attached hydrogens (tertiary/aromatic N) is 4. The van der Waals surface area contributed by atoms with E-state index < -0.39 is 0 Å². The average molecular weight is 462 g/mol. The predicted octanol–water partition coefficient (Wildman–Crippen LogP) is 2.36. The van der Waals surface area contributed by atoms with Gasteiger partial charge in [-0.3, -0.25) is 14.7 Å². The number of piperazine rings is 2. The van der Waals surface area contributed by atoms with Gasteiger partial charge < -0.3 is 15.0 Å². The number of rotatable bonds is 10. The van der Waals surface area contributed by atoms with Crippen molar-refractivity contribution in [2.24, 2.45) is 0 Å². The first-order valence-electron chi connectivity index (χ1n) is 12.6. The molecule has 1 aromatic carbocycles. The van der Waals surface area contributed by atoms with Crippen molar-refractivity contribution in [3.05, 3.63) is 29.8 Å². The fraction of sp³-hybridized carbons (Fsp3) is 0.760. The van der Waals surface area contributed by atoms with Crippen LogP contribution in [0.4, 0.5) is 5.69 Å². The fourth-order valence-corrected chi connectivity index (χ4v) is 5.24. The summed E-state index contributed by atoms with van der Waals surface area (Å²) in [6.07, 6.45) is 2.73. The lowest BCUT2D eigenvalue weighted by molar-refractivity contribution is -0.0276. The van der Waals surface area contributed by atoms with E-state index >= 15 is 0 Å². The van der Waals surface area contributed by atoms with Crippen LogP contribution in [0.2, 0.25) is 0 Å². The van der Waals surface area contributed by atoms with Gasteiger partial charge in [-0.25, -0.2) is 0 Å². The second-order valence-corrected chi connectivity index (χ2v) is 10.2. The Morgan fingerprint density at radius 1 is 0.938 bits per heavy atom. The lowest BCUT2D eigenvalue weighted by atomic mass is 9.89. The number of anilines is 1. The molecule has 0 radical (unpaired) electrons. The highest BCUT2D eigenvalue weighted by Crippen LogP contribution is 2.24. The molecule has 0 bridgehead atoms. The number of benzene rings is 1. The topological polar surface area (TPSA) is 34.2 Å². The van der Waals surface area contributed by atoms with Crippen LogP contribution in [-0.2, 0) is 11.3 Å². The van der Waals surface area contributed by atoms with Gasteiger partial charge in [0.15, 0.2) is 0 Å². The maximum absolute atomic E-state index is 6.10. The zero-order chi connectivity index (χ0) is 22.3. The first kappa shape index (κ1) is 24.3. The Morgan fingerprint density at radius 2 is 1.59 bits per heavy atom. The molecular weight excluding hydrogens is 418 g/mol. The van der Waals surface area contributed by atoms with E-state index in [1.165, 1.54) is 24.3 Å². The van der Waals surface area contributed by atoms with E-state index in [1.54, 1.807) is 0 Å². The lowest BCUT2D eigenvalue weighted by Crippen LogP contribution is -2.48. The summed E-state index contributed by atoms with van der Waals surface area (Å²) >= 11 is 4.37. The van der Waals surface area contributed by atoms with Crippen molar-refractivity contribution in [2.45, 2.75) is 51.4 Å². The highest BCUT2D eigenvalue weighted by molar-refractivity contribution is 7.80. The van der Waals surface area contributed by atoms with Gasteiger partial charge in [-0.1, -0.05) is 12.1 Å². The summed E-state index contributed by atoms with van der Waals surface area (Å²) in [5.41, 5.74) is 2.74. The van der Waals surface area contributed by atoms with Crippen LogP contribution in [0.3, 0.4) is 0 Å². The quantitative estimate of drug-likeness (QED) is 0.521. The molecular formula is C25H43N5OS. The Bertz CT molecular complexity index is 665. The molecule has 0 atom stereocenters. The molecule has 1 aromatic rings. The molecule has 0 aromatic heterocycles. The Kier molecular flexibility index (Phi) is 9.14. The summed E-state index contributed by atoms with van der Waals surface area (Å²) in [5, 5.41) is 3.71.